The molecule has 4 rings (SSSR count). The van der Waals surface area contributed by atoms with Crippen LogP contribution in [0.2, 0.25) is 5.02 Å². The molecule has 2 fully saturated rings. The van der Waals surface area contributed by atoms with E-state index in [1.807, 2.05) is 0 Å². The second-order valence-corrected chi connectivity index (χ2v) is 8.33. The Morgan fingerprint density at radius 2 is 1.52 bits per heavy atom. The number of aromatic nitrogens is 2. The van der Waals surface area contributed by atoms with Crippen LogP contribution in [0.4, 0.5) is 11.6 Å². The lowest BCUT2D eigenvalue weighted by Gasteiger charge is -2.33. The van der Waals surface area contributed by atoms with Crippen LogP contribution in [0, 0.1) is 0 Å². The number of amides is 1. The van der Waals surface area contributed by atoms with Crippen LogP contribution in [-0.4, -0.2) is 48.3 Å². The number of anilines is 2. The molecule has 0 aliphatic carbocycles. The van der Waals surface area contributed by atoms with Gasteiger partial charge < -0.3 is 15.1 Å². The lowest BCUT2D eigenvalue weighted by Crippen LogP contribution is -2.45. The predicted molar refractivity (Wildman–Crippen MR) is 117 cm³/mol. The number of hydrogen-bond acceptors (Lipinski definition) is 5. The first kappa shape index (κ1) is 20.0. The zero-order valence-corrected chi connectivity index (χ0v) is 17.4. The van der Waals surface area contributed by atoms with Crippen molar-refractivity contribution in [2.45, 2.75) is 44.6 Å². The predicted octanol–water partition coefficient (Wildman–Crippen LogP) is 3.91. The molecule has 1 aromatic heterocycles. The number of halogens is 1. The number of benzene rings is 1. The fourth-order valence-corrected chi connectivity index (χ4v) is 4.30. The van der Waals surface area contributed by atoms with E-state index in [1.54, 1.807) is 24.3 Å². The minimum absolute atomic E-state index is 0.0625. The monoisotopic (exact) mass is 413 g/mol. The zero-order chi connectivity index (χ0) is 20.1. The van der Waals surface area contributed by atoms with Gasteiger partial charge in [-0.3, -0.25) is 4.79 Å². The van der Waals surface area contributed by atoms with Gasteiger partial charge >= 0.3 is 0 Å². The van der Waals surface area contributed by atoms with Gasteiger partial charge in [0.05, 0.1) is 0 Å². The summed E-state index contributed by atoms with van der Waals surface area (Å²) in [6, 6.07) is 11.4. The molecule has 2 aliphatic rings. The summed E-state index contributed by atoms with van der Waals surface area (Å²) in [6.45, 7) is 3.87. The third-order valence-corrected chi connectivity index (χ3v) is 6.04. The standard InChI is InChI=1S/C22H28ClN5O/c23-18-7-5-6-17(16-18)22(29)24-19-10-14-28(15-11-19)21-9-8-20(25-26-21)27-12-3-1-2-4-13-27/h5-9,16,19H,1-4,10-15H2,(H,24,29). The van der Waals surface area contributed by atoms with E-state index >= 15 is 0 Å². The molecule has 1 N–H and O–H groups in total. The maximum atomic E-state index is 12.4. The Morgan fingerprint density at radius 3 is 2.10 bits per heavy atom. The van der Waals surface area contributed by atoms with E-state index in [9.17, 15) is 4.79 Å². The SMILES string of the molecule is O=C(NC1CCN(c2ccc(N3CCCCCC3)nn2)CC1)c1cccc(Cl)c1. The molecule has 2 aliphatic heterocycles. The molecule has 0 bridgehead atoms. The maximum absolute atomic E-state index is 12.4. The van der Waals surface area contributed by atoms with Gasteiger partial charge in [-0.2, -0.15) is 0 Å². The van der Waals surface area contributed by atoms with Crippen molar-refractivity contribution >= 4 is 29.1 Å². The van der Waals surface area contributed by atoms with Gasteiger partial charge in [-0.05, 0) is 56.0 Å². The number of nitrogens with one attached hydrogen (secondary N) is 1. The molecule has 2 aromatic rings. The molecule has 3 heterocycles. The fraction of sp³-hybridized carbons (Fsp3) is 0.500. The summed E-state index contributed by atoms with van der Waals surface area (Å²) in [4.78, 5) is 17.0. The Labute approximate surface area is 177 Å². The number of piperidine rings is 1. The van der Waals surface area contributed by atoms with Crippen molar-refractivity contribution in [2.24, 2.45) is 0 Å². The third-order valence-electron chi connectivity index (χ3n) is 5.81. The van der Waals surface area contributed by atoms with E-state index in [4.69, 9.17) is 11.6 Å². The van der Waals surface area contributed by atoms with Crippen LogP contribution in [0.15, 0.2) is 36.4 Å². The molecule has 154 valence electrons. The third kappa shape index (κ3) is 5.18. The van der Waals surface area contributed by atoms with E-state index in [0.717, 1.165) is 50.7 Å². The summed E-state index contributed by atoms with van der Waals surface area (Å²) in [5, 5.41) is 12.7. The van der Waals surface area contributed by atoms with Crippen LogP contribution in [0.3, 0.4) is 0 Å². The average Bonchev–Trinajstić information content (AvgIpc) is 3.04. The Balaban J connectivity index is 1.29. The lowest BCUT2D eigenvalue weighted by atomic mass is 10.0. The summed E-state index contributed by atoms with van der Waals surface area (Å²) in [6.07, 6.45) is 6.87. The number of nitrogens with zero attached hydrogens (tertiary/aromatic N) is 4. The zero-order valence-electron chi connectivity index (χ0n) is 16.7. The lowest BCUT2D eigenvalue weighted by molar-refractivity contribution is 0.0931. The van der Waals surface area contributed by atoms with E-state index < -0.39 is 0 Å². The fourth-order valence-electron chi connectivity index (χ4n) is 4.11. The number of carbonyl (C=O) groups is 1. The van der Waals surface area contributed by atoms with Crippen LogP contribution in [0.25, 0.3) is 0 Å². The first-order valence-electron chi connectivity index (χ1n) is 10.6. The molecular weight excluding hydrogens is 386 g/mol. The van der Waals surface area contributed by atoms with Crippen LogP contribution >= 0.6 is 11.6 Å². The molecule has 0 unspecified atom stereocenters. The van der Waals surface area contributed by atoms with Gasteiger partial charge in [0, 0.05) is 42.8 Å². The van der Waals surface area contributed by atoms with Gasteiger partial charge in [-0.25, -0.2) is 0 Å². The maximum Gasteiger partial charge on any atom is 0.251 e. The van der Waals surface area contributed by atoms with Gasteiger partial charge in [0.1, 0.15) is 0 Å². The second-order valence-electron chi connectivity index (χ2n) is 7.90. The Morgan fingerprint density at radius 1 is 0.897 bits per heavy atom. The highest BCUT2D eigenvalue weighted by atomic mass is 35.5. The molecule has 6 nitrogen and oxygen atoms in total. The van der Waals surface area contributed by atoms with Crippen LogP contribution in [-0.2, 0) is 0 Å². The van der Waals surface area contributed by atoms with Crippen molar-refractivity contribution in [1.82, 2.24) is 15.5 Å². The van der Waals surface area contributed by atoms with Gasteiger partial charge in [0.15, 0.2) is 11.6 Å². The van der Waals surface area contributed by atoms with Crippen LogP contribution in [0.1, 0.15) is 48.9 Å². The van der Waals surface area contributed by atoms with Gasteiger partial charge in [-0.15, -0.1) is 10.2 Å². The topological polar surface area (TPSA) is 61.4 Å². The molecular formula is C22H28ClN5O. The Kier molecular flexibility index (Phi) is 6.49. The van der Waals surface area contributed by atoms with E-state index in [1.165, 1.54) is 25.7 Å². The van der Waals surface area contributed by atoms with Crippen molar-refractivity contribution in [3.05, 3.63) is 47.0 Å². The molecule has 1 amide bonds. The van der Waals surface area contributed by atoms with Gasteiger partial charge in [-0.1, -0.05) is 30.5 Å². The minimum atomic E-state index is -0.0625. The quantitative estimate of drug-likeness (QED) is 0.823. The Bertz CT molecular complexity index is 812. The summed E-state index contributed by atoms with van der Waals surface area (Å²) >= 11 is 5.98. The first-order valence-corrected chi connectivity index (χ1v) is 11.0. The number of carbonyl (C=O) groups excluding carboxylic acids is 1. The second kappa shape index (κ2) is 9.44. The van der Waals surface area contributed by atoms with E-state index in [2.05, 4.69) is 37.4 Å². The molecule has 29 heavy (non-hydrogen) atoms. The van der Waals surface area contributed by atoms with Gasteiger partial charge in [0.2, 0.25) is 0 Å². The molecule has 1 aromatic carbocycles. The Hall–Kier alpha value is -2.34. The van der Waals surface area contributed by atoms with E-state index in [0.29, 0.717) is 10.6 Å². The number of rotatable bonds is 4. The average molecular weight is 414 g/mol. The molecule has 0 saturated carbocycles. The van der Waals surface area contributed by atoms with Crippen molar-refractivity contribution in [2.75, 3.05) is 36.0 Å². The first-order chi connectivity index (χ1) is 14.2. The molecule has 7 heteroatoms. The number of hydrogen-bond donors (Lipinski definition) is 1. The molecule has 2 saturated heterocycles. The highest BCUT2D eigenvalue weighted by molar-refractivity contribution is 6.30. The normalized spacial score (nSPS) is 18.4. The summed E-state index contributed by atoms with van der Waals surface area (Å²) in [7, 11) is 0. The molecule has 0 radical (unpaired) electrons. The minimum Gasteiger partial charge on any atom is -0.355 e. The largest absolute Gasteiger partial charge is 0.355 e. The van der Waals surface area contributed by atoms with Crippen molar-refractivity contribution in [3.8, 4) is 0 Å². The van der Waals surface area contributed by atoms with Crippen LogP contribution < -0.4 is 15.1 Å². The smallest absolute Gasteiger partial charge is 0.251 e. The summed E-state index contributed by atoms with van der Waals surface area (Å²) in [5.41, 5.74) is 0.606. The van der Waals surface area contributed by atoms with Crippen molar-refractivity contribution in [1.29, 1.82) is 0 Å². The van der Waals surface area contributed by atoms with Crippen molar-refractivity contribution < 1.29 is 4.79 Å². The van der Waals surface area contributed by atoms with Crippen LogP contribution in [0.5, 0.6) is 0 Å². The molecule has 0 spiro atoms. The summed E-state index contributed by atoms with van der Waals surface area (Å²) < 4.78 is 0. The highest BCUT2D eigenvalue weighted by Crippen LogP contribution is 2.21. The molecule has 0 atom stereocenters. The highest BCUT2D eigenvalue weighted by Gasteiger charge is 2.22. The van der Waals surface area contributed by atoms with Crippen molar-refractivity contribution in [3.63, 3.8) is 0 Å². The summed E-state index contributed by atoms with van der Waals surface area (Å²) in [5.74, 6) is 1.84. The van der Waals surface area contributed by atoms with Gasteiger partial charge in [0.25, 0.3) is 5.91 Å². The van der Waals surface area contributed by atoms with E-state index in [-0.39, 0.29) is 11.9 Å².